The summed E-state index contributed by atoms with van der Waals surface area (Å²) in [6, 6.07) is 8.00. The standard InChI is InChI=1S/C19H23N3O2S/c1-15-8-12-25-17(15)14-22(10-11-24-2)19(23)7-6-16-13-21-9-4-3-5-18(21)20-16/h3-5,8-9,12-13H,6-7,10-11,14H2,1-2H3. The van der Waals surface area contributed by atoms with Gasteiger partial charge in [-0.2, -0.15) is 0 Å². The quantitative estimate of drug-likeness (QED) is 0.621. The van der Waals surface area contributed by atoms with Gasteiger partial charge in [0, 0.05) is 37.3 Å². The Morgan fingerprint density at radius 1 is 1.36 bits per heavy atom. The largest absolute Gasteiger partial charge is 0.383 e. The number of carbonyl (C=O) groups excluding carboxylic acids is 1. The van der Waals surface area contributed by atoms with Gasteiger partial charge in [-0.3, -0.25) is 4.79 Å². The first-order valence-electron chi connectivity index (χ1n) is 8.39. The van der Waals surface area contributed by atoms with Crippen molar-refractivity contribution in [1.82, 2.24) is 14.3 Å². The van der Waals surface area contributed by atoms with Crippen LogP contribution in [0.4, 0.5) is 0 Å². The van der Waals surface area contributed by atoms with Gasteiger partial charge in [0.25, 0.3) is 0 Å². The Balaban J connectivity index is 1.63. The molecular weight excluding hydrogens is 334 g/mol. The number of rotatable bonds is 8. The van der Waals surface area contributed by atoms with Crippen molar-refractivity contribution in [2.24, 2.45) is 0 Å². The highest BCUT2D eigenvalue weighted by atomic mass is 32.1. The van der Waals surface area contributed by atoms with Crippen LogP contribution >= 0.6 is 11.3 Å². The van der Waals surface area contributed by atoms with Crippen molar-refractivity contribution in [2.75, 3.05) is 20.3 Å². The van der Waals surface area contributed by atoms with Gasteiger partial charge in [-0.25, -0.2) is 4.98 Å². The van der Waals surface area contributed by atoms with E-state index in [4.69, 9.17) is 4.74 Å². The summed E-state index contributed by atoms with van der Waals surface area (Å²) in [6.07, 6.45) is 5.06. The minimum absolute atomic E-state index is 0.141. The molecule has 25 heavy (non-hydrogen) atoms. The Kier molecular flexibility index (Phi) is 5.83. The van der Waals surface area contributed by atoms with Crippen LogP contribution in [0.5, 0.6) is 0 Å². The molecule has 3 aromatic heterocycles. The predicted molar refractivity (Wildman–Crippen MR) is 99.9 cm³/mol. The van der Waals surface area contributed by atoms with Crippen molar-refractivity contribution in [3.8, 4) is 0 Å². The molecule has 132 valence electrons. The SMILES string of the molecule is COCCN(Cc1sccc1C)C(=O)CCc1cn2ccccc2n1. The third-order valence-corrected chi connectivity index (χ3v) is 5.24. The van der Waals surface area contributed by atoms with Gasteiger partial charge in [-0.1, -0.05) is 6.07 Å². The second-order valence-electron chi connectivity index (χ2n) is 6.03. The van der Waals surface area contributed by atoms with Gasteiger partial charge < -0.3 is 14.0 Å². The maximum absolute atomic E-state index is 12.7. The number of thiophene rings is 1. The first-order chi connectivity index (χ1) is 12.2. The summed E-state index contributed by atoms with van der Waals surface area (Å²) in [5, 5.41) is 2.07. The third-order valence-electron chi connectivity index (χ3n) is 4.23. The predicted octanol–water partition coefficient (Wildman–Crippen LogP) is 3.31. The number of fused-ring (bicyclic) bond motifs is 1. The highest BCUT2D eigenvalue weighted by Crippen LogP contribution is 2.18. The first-order valence-corrected chi connectivity index (χ1v) is 9.27. The summed E-state index contributed by atoms with van der Waals surface area (Å²) in [6.45, 7) is 3.89. The van der Waals surface area contributed by atoms with Crippen LogP contribution in [0.3, 0.4) is 0 Å². The summed E-state index contributed by atoms with van der Waals surface area (Å²) >= 11 is 1.70. The van der Waals surface area contributed by atoms with E-state index in [0.717, 1.165) is 11.3 Å². The minimum Gasteiger partial charge on any atom is -0.383 e. The molecular formula is C19H23N3O2S. The number of hydrogen-bond donors (Lipinski definition) is 0. The highest BCUT2D eigenvalue weighted by Gasteiger charge is 2.16. The van der Waals surface area contributed by atoms with E-state index < -0.39 is 0 Å². The molecule has 1 amide bonds. The fourth-order valence-electron chi connectivity index (χ4n) is 2.73. The molecule has 0 unspecified atom stereocenters. The zero-order chi connectivity index (χ0) is 17.6. The fourth-order valence-corrected chi connectivity index (χ4v) is 3.65. The smallest absolute Gasteiger partial charge is 0.223 e. The molecule has 0 aromatic carbocycles. The third kappa shape index (κ3) is 4.46. The molecule has 5 nitrogen and oxygen atoms in total. The Hall–Kier alpha value is -2.18. The van der Waals surface area contributed by atoms with Gasteiger partial charge in [0.15, 0.2) is 0 Å². The number of nitrogens with zero attached hydrogens (tertiary/aromatic N) is 3. The summed E-state index contributed by atoms with van der Waals surface area (Å²) in [5.74, 6) is 0.141. The van der Waals surface area contributed by atoms with Crippen molar-refractivity contribution >= 4 is 22.9 Å². The second-order valence-corrected chi connectivity index (χ2v) is 7.03. The summed E-state index contributed by atoms with van der Waals surface area (Å²) in [4.78, 5) is 20.4. The van der Waals surface area contributed by atoms with Crippen molar-refractivity contribution in [3.63, 3.8) is 0 Å². The molecule has 0 saturated carbocycles. The van der Waals surface area contributed by atoms with Crippen molar-refractivity contribution in [1.29, 1.82) is 0 Å². The van der Waals surface area contributed by atoms with Gasteiger partial charge in [0.05, 0.1) is 18.8 Å². The lowest BCUT2D eigenvalue weighted by molar-refractivity contribution is -0.132. The van der Waals surface area contributed by atoms with E-state index in [1.165, 1.54) is 10.4 Å². The number of methoxy groups -OCH3 is 1. The Bertz CT molecular complexity index is 807. The van der Waals surface area contributed by atoms with Crippen molar-refractivity contribution in [3.05, 3.63) is 58.2 Å². The molecule has 0 aliphatic heterocycles. The van der Waals surface area contributed by atoms with E-state index in [9.17, 15) is 4.79 Å². The lowest BCUT2D eigenvalue weighted by atomic mass is 10.2. The lowest BCUT2D eigenvalue weighted by Crippen LogP contribution is -2.33. The Morgan fingerprint density at radius 2 is 2.24 bits per heavy atom. The number of pyridine rings is 1. The van der Waals surface area contributed by atoms with E-state index in [1.807, 2.05) is 39.9 Å². The van der Waals surface area contributed by atoms with Crippen molar-refractivity contribution in [2.45, 2.75) is 26.3 Å². The van der Waals surface area contributed by atoms with Crippen LogP contribution in [0.25, 0.3) is 5.65 Å². The normalized spacial score (nSPS) is 11.1. The molecule has 0 aliphatic carbocycles. The maximum Gasteiger partial charge on any atom is 0.223 e. The minimum atomic E-state index is 0.141. The van der Waals surface area contributed by atoms with Crippen LogP contribution in [0, 0.1) is 6.92 Å². The van der Waals surface area contributed by atoms with E-state index in [0.29, 0.717) is 32.5 Å². The maximum atomic E-state index is 12.7. The molecule has 0 radical (unpaired) electrons. The molecule has 0 saturated heterocycles. The van der Waals surface area contributed by atoms with Gasteiger partial charge in [0.2, 0.25) is 5.91 Å². The van der Waals surface area contributed by atoms with E-state index in [-0.39, 0.29) is 5.91 Å². The summed E-state index contributed by atoms with van der Waals surface area (Å²) < 4.78 is 7.15. The number of ether oxygens (including phenoxy) is 1. The molecule has 0 bridgehead atoms. The topological polar surface area (TPSA) is 46.8 Å². The van der Waals surface area contributed by atoms with Gasteiger partial charge in [0.1, 0.15) is 5.65 Å². The molecule has 0 fully saturated rings. The first kappa shape index (κ1) is 17.6. The van der Waals surface area contributed by atoms with Crippen LogP contribution in [0.1, 0.15) is 22.6 Å². The fraction of sp³-hybridized carbons (Fsp3) is 0.368. The summed E-state index contributed by atoms with van der Waals surface area (Å²) in [7, 11) is 1.66. The van der Waals surface area contributed by atoms with E-state index in [1.54, 1.807) is 18.4 Å². The number of aromatic nitrogens is 2. The zero-order valence-electron chi connectivity index (χ0n) is 14.6. The molecule has 0 atom stereocenters. The molecule has 0 N–H and O–H groups in total. The van der Waals surface area contributed by atoms with Gasteiger partial charge in [-0.05, 0) is 42.5 Å². The highest BCUT2D eigenvalue weighted by molar-refractivity contribution is 7.10. The van der Waals surface area contributed by atoms with Crippen LogP contribution in [-0.4, -0.2) is 40.5 Å². The van der Waals surface area contributed by atoms with Crippen LogP contribution in [0.15, 0.2) is 42.0 Å². The molecule has 0 spiro atoms. The average Bonchev–Trinajstić information content (AvgIpc) is 3.22. The molecule has 3 aromatic rings. The average molecular weight is 357 g/mol. The van der Waals surface area contributed by atoms with Crippen LogP contribution in [0.2, 0.25) is 0 Å². The lowest BCUT2D eigenvalue weighted by Gasteiger charge is -2.22. The molecule has 3 heterocycles. The Morgan fingerprint density at radius 3 is 2.96 bits per heavy atom. The number of aryl methyl sites for hydroxylation is 2. The number of amides is 1. The van der Waals surface area contributed by atoms with Gasteiger partial charge >= 0.3 is 0 Å². The summed E-state index contributed by atoms with van der Waals surface area (Å²) in [5.41, 5.74) is 3.09. The molecule has 3 rings (SSSR count). The van der Waals surface area contributed by atoms with E-state index in [2.05, 4.69) is 23.4 Å². The number of hydrogen-bond acceptors (Lipinski definition) is 4. The Labute approximate surface area is 151 Å². The zero-order valence-corrected chi connectivity index (χ0v) is 15.5. The van der Waals surface area contributed by atoms with Crippen molar-refractivity contribution < 1.29 is 9.53 Å². The second kappa shape index (κ2) is 8.27. The van der Waals surface area contributed by atoms with E-state index >= 15 is 0 Å². The van der Waals surface area contributed by atoms with Crippen LogP contribution in [-0.2, 0) is 22.5 Å². The van der Waals surface area contributed by atoms with Crippen LogP contribution < -0.4 is 0 Å². The molecule has 6 heteroatoms. The number of imidazole rings is 1. The monoisotopic (exact) mass is 357 g/mol. The van der Waals surface area contributed by atoms with Gasteiger partial charge in [-0.15, -0.1) is 11.3 Å². The molecule has 0 aliphatic rings. The number of carbonyl (C=O) groups is 1.